The zero-order valence-corrected chi connectivity index (χ0v) is 13.0. The summed E-state index contributed by atoms with van der Waals surface area (Å²) in [5, 5.41) is 0.562. The quantitative estimate of drug-likeness (QED) is 0.634. The Kier molecular flexibility index (Phi) is 4.56. The summed E-state index contributed by atoms with van der Waals surface area (Å²) in [6, 6.07) is 13.5. The molecule has 0 unspecified atom stereocenters. The van der Waals surface area contributed by atoms with E-state index in [1.165, 1.54) is 30.3 Å². The summed E-state index contributed by atoms with van der Waals surface area (Å²) in [7, 11) is 0. The number of nitrogens with one attached hydrogen (secondary N) is 3. The SMILES string of the molecule is O=C(Cc1ccc(F)cc1)NNC(=O)c1cc(=O)[nH]c2ccccc12. The average molecular weight is 339 g/mol. The lowest BCUT2D eigenvalue weighted by molar-refractivity contribution is -0.121. The molecule has 0 spiro atoms. The van der Waals surface area contributed by atoms with E-state index < -0.39 is 23.2 Å². The van der Waals surface area contributed by atoms with Crippen molar-refractivity contribution in [1.29, 1.82) is 0 Å². The van der Waals surface area contributed by atoms with Crippen LogP contribution in [-0.2, 0) is 11.2 Å². The first-order chi connectivity index (χ1) is 12.0. The molecule has 0 saturated heterocycles. The van der Waals surface area contributed by atoms with E-state index >= 15 is 0 Å². The van der Waals surface area contributed by atoms with Crippen molar-refractivity contribution >= 4 is 22.7 Å². The van der Waals surface area contributed by atoms with Crippen LogP contribution < -0.4 is 16.4 Å². The Hall–Kier alpha value is -3.48. The third-order valence-electron chi connectivity index (χ3n) is 3.59. The number of fused-ring (bicyclic) bond motifs is 1. The minimum atomic E-state index is -0.602. The summed E-state index contributed by atoms with van der Waals surface area (Å²) in [4.78, 5) is 38.5. The van der Waals surface area contributed by atoms with Gasteiger partial charge in [0.15, 0.2) is 0 Å². The second-order valence-electron chi connectivity index (χ2n) is 5.40. The molecule has 7 heteroatoms. The fourth-order valence-electron chi connectivity index (χ4n) is 2.42. The number of amides is 2. The lowest BCUT2D eigenvalue weighted by Gasteiger charge is -2.09. The molecule has 3 rings (SSSR count). The van der Waals surface area contributed by atoms with E-state index in [0.717, 1.165) is 0 Å². The molecule has 0 radical (unpaired) electrons. The second kappa shape index (κ2) is 6.96. The monoisotopic (exact) mass is 339 g/mol. The number of halogens is 1. The molecular formula is C18H14FN3O3. The van der Waals surface area contributed by atoms with E-state index in [1.807, 2.05) is 0 Å². The molecular weight excluding hydrogens is 325 g/mol. The smallest absolute Gasteiger partial charge is 0.270 e. The van der Waals surface area contributed by atoms with Crippen LogP contribution in [0, 0.1) is 5.82 Å². The number of para-hydroxylation sites is 1. The summed E-state index contributed by atoms with van der Waals surface area (Å²) in [6.45, 7) is 0. The van der Waals surface area contributed by atoms with Gasteiger partial charge in [0.05, 0.1) is 12.0 Å². The van der Waals surface area contributed by atoms with Gasteiger partial charge in [0.1, 0.15) is 5.82 Å². The van der Waals surface area contributed by atoms with Crippen molar-refractivity contribution in [2.45, 2.75) is 6.42 Å². The standard InChI is InChI=1S/C18H14FN3O3/c19-12-7-5-11(6-8-12)9-17(24)21-22-18(25)14-10-16(23)20-15-4-2-1-3-13(14)15/h1-8,10H,9H2,(H,20,23)(H,21,24)(H,22,25). The number of aromatic amines is 1. The predicted octanol–water partition coefficient (Wildman–Crippen LogP) is 1.67. The Balaban J connectivity index is 1.69. The number of rotatable bonds is 3. The van der Waals surface area contributed by atoms with Crippen molar-refractivity contribution in [2.24, 2.45) is 0 Å². The molecule has 25 heavy (non-hydrogen) atoms. The second-order valence-corrected chi connectivity index (χ2v) is 5.40. The van der Waals surface area contributed by atoms with E-state index in [-0.39, 0.29) is 12.0 Å². The van der Waals surface area contributed by atoms with Crippen LogP contribution in [0.3, 0.4) is 0 Å². The molecule has 2 aromatic carbocycles. The van der Waals surface area contributed by atoms with Crippen LogP contribution in [0.15, 0.2) is 59.4 Å². The maximum Gasteiger partial charge on any atom is 0.270 e. The maximum absolute atomic E-state index is 12.8. The molecule has 3 N–H and O–H groups in total. The largest absolute Gasteiger partial charge is 0.322 e. The highest BCUT2D eigenvalue weighted by atomic mass is 19.1. The van der Waals surface area contributed by atoms with Crippen LogP contribution in [0.1, 0.15) is 15.9 Å². The van der Waals surface area contributed by atoms with Gasteiger partial charge in [-0.1, -0.05) is 30.3 Å². The van der Waals surface area contributed by atoms with Crippen LogP contribution in [0.2, 0.25) is 0 Å². The fraction of sp³-hybridized carbons (Fsp3) is 0.0556. The highest BCUT2D eigenvalue weighted by Crippen LogP contribution is 2.14. The van der Waals surface area contributed by atoms with Crippen molar-refractivity contribution in [3.05, 3.63) is 81.9 Å². The lowest BCUT2D eigenvalue weighted by Crippen LogP contribution is -2.42. The van der Waals surface area contributed by atoms with Crippen LogP contribution in [0.4, 0.5) is 4.39 Å². The molecule has 1 aromatic heterocycles. The van der Waals surface area contributed by atoms with Crippen LogP contribution in [-0.4, -0.2) is 16.8 Å². The molecule has 0 aliphatic heterocycles. The van der Waals surface area contributed by atoms with Crippen LogP contribution in [0.25, 0.3) is 10.9 Å². The number of hydrazine groups is 1. The molecule has 126 valence electrons. The first-order valence-corrected chi connectivity index (χ1v) is 7.48. The van der Waals surface area contributed by atoms with Gasteiger partial charge in [-0.25, -0.2) is 4.39 Å². The van der Waals surface area contributed by atoms with Crippen molar-refractivity contribution in [1.82, 2.24) is 15.8 Å². The first kappa shape index (κ1) is 16.4. The number of carbonyl (C=O) groups is 2. The van der Waals surface area contributed by atoms with Gasteiger partial charge in [0, 0.05) is 17.0 Å². The first-order valence-electron chi connectivity index (χ1n) is 7.48. The molecule has 1 heterocycles. The average Bonchev–Trinajstić information content (AvgIpc) is 2.61. The van der Waals surface area contributed by atoms with Crippen molar-refractivity contribution in [3.8, 4) is 0 Å². The number of benzene rings is 2. The lowest BCUT2D eigenvalue weighted by atomic mass is 10.1. The van der Waals surface area contributed by atoms with E-state index in [1.54, 1.807) is 24.3 Å². The molecule has 0 aliphatic carbocycles. The van der Waals surface area contributed by atoms with Crippen LogP contribution >= 0.6 is 0 Å². The van der Waals surface area contributed by atoms with Gasteiger partial charge in [0.2, 0.25) is 11.5 Å². The molecule has 6 nitrogen and oxygen atoms in total. The van der Waals surface area contributed by atoms with Gasteiger partial charge in [-0.3, -0.25) is 25.2 Å². The number of carbonyl (C=O) groups excluding carboxylic acids is 2. The summed E-state index contributed by atoms with van der Waals surface area (Å²) in [6.07, 6.45) is -0.0172. The van der Waals surface area contributed by atoms with Gasteiger partial charge >= 0.3 is 0 Å². The van der Waals surface area contributed by atoms with Gasteiger partial charge in [0.25, 0.3) is 5.91 Å². The highest BCUT2D eigenvalue weighted by Gasteiger charge is 2.12. The van der Waals surface area contributed by atoms with E-state index in [9.17, 15) is 18.8 Å². The summed E-state index contributed by atoms with van der Waals surface area (Å²) >= 11 is 0. The Bertz CT molecular complexity index is 996. The Morgan fingerprint density at radius 2 is 1.72 bits per heavy atom. The fourth-order valence-corrected chi connectivity index (χ4v) is 2.42. The van der Waals surface area contributed by atoms with Gasteiger partial charge in [-0.2, -0.15) is 0 Å². The molecule has 0 bridgehead atoms. The summed E-state index contributed by atoms with van der Waals surface area (Å²) in [5.74, 6) is -1.46. The molecule has 0 saturated carbocycles. The summed E-state index contributed by atoms with van der Waals surface area (Å²) in [5.41, 5.74) is 5.44. The third kappa shape index (κ3) is 3.89. The number of hydrogen-bond donors (Lipinski definition) is 3. The summed E-state index contributed by atoms with van der Waals surface area (Å²) < 4.78 is 12.8. The van der Waals surface area contributed by atoms with Gasteiger partial charge in [-0.05, 0) is 23.8 Å². The zero-order chi connectivity index (χ0) is 17.8. The third-order valence-corrected chi connectivity index (χ3v) is 3.59. The topological polar surface area (TPSA) is 91.1 Å². The molecule has 0 fully saturated rings. The maximum atomic E-state index is 12.8. The number of H-pyrrole nitrogens is 1. The van der Waals surface area contributed by atoms with Gasteiger partial charge in [-0.15, -0.1) is 0 Å². The minimum absolute atomic E-state index is 0.0172. The van der Waals surface area contributed by atoms with E-state index in [0.29, 0.717) is 16.5 Å². The molecule has 0 aliphatic rings. The van der Waals surface area contributed by atoms with E-state index in [2.05, 4.69) is 15.8 Å². The van der Waals surface area contributed by atoms with Crippen molar-refractivity contribution in [2.75, 3.05) is 0 Å². The normalized spacial score (nSPS) is 10.4. The molecule has 3 aromatic rings. The zero-order valence-electron chi connectivity index (χ0n) is 13.0. The molecule has 0 atom stereocenters. The Labute approximate surface area is 141 Å². The van der Waals surface area contributed by atoms with Crippen molar-refractivity contribution in [3.63, 3.8) is 0 Å². The molecule has 2 amide bonds. The highest BCUT2D eigenvalue weighted by molar-refractivity contribution is 6.06. The van der Waals surface area contributed by atoms with Crippen molar-refractivity contribution < 1.29 is 14.0 Å². The van der Waals surface area contributed by atoms with Crippen LogP contribution in [0.5, 0.6) is 0 Å². The predicted molar refractivity (Wildman–Crippen MR) is 90.3 cm³/mol. The number of hydrogen-bond acceptors (Lipinski definition) is 3. The number of aromatic nitrogens is 1. The Morgan fingerprint density at radius 1 is 1.00 bits per heavy atom. The van der Waals surface area contributed by atoms with E-state index in [4.69, 9.17) is 0 Å². The number of pyridine rings is 1. The minimum Gasteiger partial charge on any atom is -0.322 e. The Morgan fingerprint density at radius 3 is 2.48 bits per heavy atom. The van der Waals surface area contributed by atoms with Gasteiger partial charge < -0.3 is 4.98 Å².